The fraction of sp³-hybridized carbons (Fsp3) is 0.963. The van der Waals surface area contributed by atoms with Crippen LogP contribution < -0.4 is 0 Å². The number of aliphatic hydroxyl groups excluding tert-OH is 2. The zero-order valence-electron chi connectivity index (χ0n) is 20.4. The summed E-state index contributed by atoms with van der Waals surface area (Å²) in [6.45, 7) is 11.3. The van der Waals surface area contributed by atoms with Crippen LogP contribution in [0.3, 0.4) is 0 Å². The number of carboxylic acids is 1. The fourth-order valence-corrected chi connectivity index (χ4v) is 9.76. The van der Waals surface area contributed by atoms with Crippen molar-refractivity contribution in [1.82, 2.24) is 0 Å². The van der Waals surface area contributed by atoms with E-state index in [9.17, 15) is 20.1 Å². The van der Waals surface area contributed by atoms with E-state index in [1.54, 1.807) is 0 Å². The van der Waals surface area contributed by atoms with Crippen molar-refractivity contribution >= 4 is 5.97 Å². The number of aliphatic carboxylic acids is 1. The predicted octanol–water partition coefficient (Wildman–Crippen LogP) is 5.36. The summed E-state index contributed by atoms with van der Waals surface area (Å²) in [4.78, 5) is 11.5. The molecule has 0 aromatic carbocycles. The maximum absolute atomic E-state index is 11.7. The van der Waals surface area contributed by atoms with Crippen LogP contribution >= 0.6 is 0 Å². The van der Waals surface area contributed by atoms with Crippen LogP contribution in [0, 0.1) is 58.2 Å². The summed E-state index contributed by atoms with van der Waals surface area (Å²) in [7, 11) is 0. The third-order valence-electron chi connectivity index (χ3n) is 11.3. The van der Waals surface area contributed by atoms with Gasteiger partial charge in [0.05, 0.1) is 18.1 Å². The first-order chi connectivity index (χ1) is 14.5. The molecule has 0 heterocycles. The first-order valence-corrected chi connectivity index (χ1v) is 13.1. The van der Waals surface area contributed by atoms with Gasteiger partial charge in [-0.1, -0.05) is 41.0 Å². The number of fused-ring (bicyclic) bond motifs is 5. The first kappa shape index (κ1) is 23.5. The molecule has 0 aromatic rings. The van der Waals surface area contributed by atoms with Gasteiger partial charge < -0.3 is 15.3 Å². The van der Waals surface area contributed by atoms with Gasteiger partial charge in [0.25, 0.3) is 0 Å². The van der Waals surface area contributed by atoms with Crippen molar-refractivity contribution in [2.24, 2.45) is 58.2 Å². The SMILES string of the molecule is CC[C@H]1[C@H](O)[C@@H]2[C@H](CC[C@]3(C)[C@@H]([C@H](C)C[C@H](C)C(=O)O)CC[C@@H]23)[C@@]2(C)CC[C@@H](O)C[C@@H]12. The highest BCUT2D eigenvalue weighted by molar-refractivity contribution is 5.69. The zero-order chi connectivity index (χ0) is 22.7. The Kier molecular flexibility index (Phi) is 6.31. The monoisotopic (exact) mass is 434 g/mol. The molecule has 4 saturated carbocycles. The number of carbonyl (C=O) groups is 1. The van der Waals surface area contributed by atoms with Crippen LogP contribution in [-0.2, 0) is 4.79 Å². The van der Waals surface area contributed by atoms with Crippen LogP contribution in [0.2, 0.25) is 0 Å². The Morgan fingerprint density at radius 1 is 0.968 bits per heavy atom. The zero-order valence-corrected chi connectivity index (χ0v) is 20.4. The molecule has 4 aliphatic carbocycles. The second-order valence-corrected chi connectivity index (χ2v) is 12.6. The number of hydrogen-bond donors (Lipinski definition) is 3. The van der Waals surface area contributed by atoms with E-state index in [-0.39, 0.29) is 29.0 Å². The molecule has 4 fully saturated rings. The highest BCUT2D eigenvalue weighted by Crippen LogP contribution is 2.69. The Morgan fingerprint density at radius 2 is 1.61 bits per heavy atom. The molecule has 4 nitrogen and oxygen atoms in total. The minimum atomic E-state index is -0.679. The Bertz CT molecular complexity index is 678. The van der Waals surface area contributed by atoms with E-state index in [0.717, 1.165) is 32.1 Å². The molecule has 178 valence electrons. The molecule has 4 heteroatoms. The lowest BCUT2D eigenvalue weighted by Crippen LogP contribution is -2.62. The van der Waals surface area contributed by atoms with Crippen molar-refractivity contribution < 1.29 is 20.1 Å². The van der Waals surface area contributed by atoms with Gasteiger partial charge in [-0.2, -0.15) is 0 Å². The first-order valence-electron chi connectivity index (χ1n) is 13.1. The molecule has 0 aliphatic heterocycles. The van der Waals surface area contributed by atoms with Gasteiger partial charge in [0.2, 0.25) is 0 Å². The third kappa shape index (κ3) is 3.59. The molecule has 0 spiro atoms. The molecule has 12 atom stereocenters. The van der Waals surface area contributed by atoms with Gasteiger partial charge in [-0.05, 0) is 104 Å². The highest BCUT2D eigenvalue weighted by Gasteiger charge is 2.64. The lowest BCUT2D eigenvalue weighted by Gasteiger charge is -2.64. The Morgan fingerprint density at radius 3 is 2.26 bits per heavy atom. The van der Waals surface area contributed by atoms with E-state index in [4.69, 9.17) is 0 Å². The average Bonchev–Trinajstić information content (AvgIpc) is 3.06. The standard InChI is InChI=1S/C27H46O4/c1-6-18-22-14-17(28)9-11-27(22,5)21-10-12-26(4)19(15(2)13-16(3)25(30)31)7-8-20(26)23(21)24(18)29/h15-24,28-29H,6-14H2,1-5H3,(H,30,31)/t15-,16+,17-,18-,19-,20+,21+,22+,23+,24+,26-,27-/m1/s1. The average molecular weight is 435 g/mol. The van der Waals surface area contributed by atoms with Crippen LogP contribution in [0.5, 0.6) is 0 Å². The van der Waals surface area contributed by atoms with Gasteiger partial charge in [0.1, 0.15) is 0 Å². The number of aliphatic hydroxyl groups is 2. The van der Waals surface area contributed by atoms with Gasteiger partial charge in [-0.3, -0.25) is 4.79 Å². The van der Waals surface area contributed by atoms with E-state index in [1.807, 2.05) is 6.92 Å². The Labute approximate surface area is 189 Å². The molecule has 0 bridgehead atoms. The van der Waals surface area contributed by atoms with Gasteiger partial charge in [-0.15, -0.1) is 0 Å². The van der Waals surface area contributed by atoms with Gasteiger partial charge in [0.15, 0.2) is 0 Å². The van der Waals surface area contributed by atoms with E-state index >= 15 is 0 Å². The van der Waals surface area contributed by atoms with Crippen LogP contribution in [0.25, 0.3) is 0 Å². The van der Waals surface area contributed by atoms with E-state index in [0.29, 0.717) is 41.4 Å². The molecule has 0 unspecified atom stereocenters. The minimum absolute atomic E-state index is 0.197. The number of rotatable bonds is 5. The van der Waals surface area contributed by atoms with Crippen LogP contribution in [0.1, 0.15) is 92.4 Å². The van der Waals surface area contributed by atoms with Gasteiger partial charge >= 0.3 is 5.97 Å². The normalized spacial score (nSPS) is 51.3. The number of hydrogen-bond acceptors (Lipinski definition) is 3. The van der Waals surface area contributed by atoms with Crippen molar-refractivity contribution in [1.29, 1.82) is 0 Å². The quantitative estimate of drug-likeness (QED) is 0.544. The molecular formula is C27H46O4. The molecule has 4 aliphatic rings. The summed E-state index contributed by atoms with van der Waals surface area (Å²) < 4.78 is 0. The molecule has 31 heavy (non-hydrogen) atoms. The summed E-state index contributed by atoms with van der Waals surface area (Å²) in [6.07, 6.45) is 8.95. The molecule has 0 saturated heterocycles. The van der Waals surface area contributed by atoms with Crippen LogP contribution in [-0.4, -0.2) is 33.5 Å². The fourth-order valence-electron chi connectivity index (χ4n) is 9.76. The second-order valence-electron chi connectivity index (χ2n) is 12.6. The summed E-state index contributed by atoms with van der Waals surface area (Å²) >= 11 is 0. The summed E-state index contributed by atoms with van der Waals surface area (Å²) in [5, 5.41) is 31.6. The highest BCUT2D eigenvalue weighted by atomic mass is 16.4. The van der Waals surface area contributed by atoms with Crippen LogP contribution in [0.15, 0.2) is 0 Å². The predicted molar refractivity (Wildman–Crippen MR) is 122 cm³/mol. The molecule has 3 N–H and O–H groups in total. The van der Waals surface area contributed by atoms with Crippen molar-refractivity contribution in [2.45, 2.75) is 105 Å². The van der Waals surface area contributed by atoms with Gasteiger partial charge in [0, 0.05) is 0 Å². The Hall–Kier alpha value is -0.610. The van der Waals surface area contributed by atoms with Crippen molar-refractivity contribution in [3.05, 3.63) is 0 Å². The minimum Gasteiger partial charge on any atom is -0.481 e. The number of carboxylic acid groups (broad SMARTS) is 1. The molecule has 0 radical (unpaired) electrons. The lowest BCUT2D eigenvalue weighted by molar-refractivity contribution is -0.203. The smallest absolute Gasteiger partial charge is 0.306 e. The lowest BCUT2D eigenvalue weighted by atomic mass is 9.41. The summed E-state index contributed by atoms with van der Waals surface area (Å²) in [5.41, 5.74) is 0.460. The van der Waals surface area contributed by atoms with Crippen LogP contribution in [0.4, 0.5) is 0 Å². The topological polar surface area (TPSA) is 77.8 Å². The van der Waals surface area contributed by atoms with Crippen molar-refractivity contribution in [3.8, 4) is 0 Å². The maximum atomic E-state index is 11.7. The summed E-state index contributed by atoms with van der Waals surface area (Å²) in [5.74, 6) is 2.23. The Balaban J connectivity index is 1.61. The van der Waals surface area contributed by atoms with E-state index in [2.05, 4.69) is 27.7 Å². The van der Waals surface area contributed by atoms with Gasteiger partial charge in [-0.25, -0.2) is 0 Å². The molecular weight excluding hydrogens is 388 g/mol. The molecule has 0 amide bonds. The van der Waals surface area contributed by atoms with E-state index in [1.165, 1.54) is 25.7 Å². The molecule has 4 rings (SSSR count). The maximum Gasteiger partial charge on any atom is 0.306 e. The van der Waals surface area contributed by atoms with Crippen molar-refractivity contribution in [2.75, 3.05) is 0 Å². The largest absolute Gasteiger partial charge is 0.481 e. The molecule has 0 aromatic heterocycles. The second kappa shape index (κ2) is 8.31. The van der Waals surface area contributed by atoms with Crippen molar-refractivity contribution in [3.63, 3.8) is 0 Å². The van der Waals surface area contributed by atoms with E-state index < -0.39 is 5.97 Å². The summed E-state index contributed by atoms with van der Waals surface area (Å²) in [6, 6.07) is 0. The third-order valence-corrected chi connectivity index (χ3v) is 11.3.